The Hall–Kier alpha value is -2.46. The van der Waals surface area contributed by atoms with Gasteiger partial charge >= 0.3 is 0 Å². The van der Waals surface area contributed by atoms with Gasteiger partial charge in [0.15, 0.2) is 0 Å². The molecule has 0 aliphatic rings. The molecule has 3 rings (SSSR count). The Morgan fingerprint density at radius 3 is 2.43 bits per heavy atom. The Morgan fingerprint density at radius 1 is 1.09 bits per heavy atom. The van der Waals surface area contributed by atoms with Gasteiger partial charge in [-0.15, -0.1) is 11.3 Å². The number of hydrogen-bond acceptors (Lipinski definition) is 3. The van der Waals surface area contributed by atoms with E-state index in [0.717, 1.165) is 28.4 Å². The zero-order chi connectivity index (χ0) is 16.2. The highest BCUT2D eigenvalue weighted by atomic mass is 32.1. The minimum Gasteiger partial charge on any atom is -0.326 e. The maximum atomic E-state index is 11.1. The number of amides is 1. The molecule has 2 aromatic carbocycles. The maximum absolute atomic E-state index is 11.1. The Bertz CT molecular complexity index is 807. The van der Waals surface area contributed by atoms with Crippen LogP contribution in [0.25, 0.3) is 11.3 Å². The van der Waals surface area contributed by atoms with Crippen LogP contribution in [0.1, 0.15) is 22.4 Å². The van der Waals surface area contributed by atoms with Gasteiger partial charge in [-0.25, -0.2) is 4.98 Å². The molecule has 0 saturated heterocycles. The van der Waals surface area contributed by atoms with Gasteiger partial charge in [0, 0.05) is 29.5 Å². The molecule has 0 aliphatic carbocycles. The first-order chi connectivity index (χ1) is 11.1. The van der Waals surface area contributed by atoms with E-state index in [-0.39, 0.29) is 5.91 Å². The fraction of sp³-hybridized carbons (Fsp3) is 0.158. The molecule has 0 fully saturated rings. The number of aromatic nitrogens is 1. The first-order valence-electron chi connectivity index (χ1n) is 7.50. The highest BCUT2D eigenvalue weighted by Gasteiger charge is 2.10. The summed E-state index contributed by atoms with van der Waals surface area (Å²) in [7, 11) is 0. The van der Waals surface area contributed by atoms with Gasteiger partial charge in [0.2, 0.25) is 5.91 Å². The fourth-order valence-electron chi connectivity index (χ4n) is 2.48. The molecule has 1 amide bonds. The predicted octanol–water partition coefficient (Wildman–Crippen LogP) is 4.67. The molecule has 0 saturated carbocycles. The summed E-state index contributed by atoms with van der Waals surface area (Å²) in [6.45, 7) is 3.61. The molecular formula is C19H18N2OS. The van der Waals surface area contributed by atoms with Crippen molar-refractivity contribution in [2.45, 2.75) is 20.3 Å². The Kier molecular flexibility index (Phi) is 4.53. The summed E-state index contributed by atoms with van der Waals surface area (Å²) in [5.74, 6) is -0.0623. The number of anilines is 1. The van der Waals surface area contributed by atoms with Crippen LogP contribution >= 0.6 is 11.3 Å². The number of thiazole rings is 1. The zero-order valence-electron chi connectivity index (χ0n) is 13.2. The average molecular weight is 322 g/mol. The number of carbonyl (C=O) groups excluding carboxylic acids is 1. The number of nitrogens with zero attached hydrogens (tertiary/aromatic N) is 1. The van der Waals surface area contributed by atoms with Crippen LogP contribution in [0.3, 0.4) is 0 Å². The quantitative estimate of drug-likeness (QED) is 0.758. The first kappa shape index (κ1) is 15.4. The monoisotopic (exact) mass is 322 g/mol. The van der Waals surface area contributed by atoms with Crippen molar-refractivity contribution in [2.24, 2.45) is 0 Å². The second-order valence-electron chi connectivity index (χ2n) is 5.43. The van der Waals surface area contributed by atoms with E-state index in [4.69, 9.17) is 4.98 Å². The largest absolute Gasteiger partial charge is 0.326 e. The summed E-state index contributed by atoms with van der Waals surface area (Å²) in [6, 6.07) is 18.2. The average Bonchev–Trinajstić information content (AvgIpc) is 2.89. The smallest absolute Gasteiger partial charge is 0.221 e. The van der Waals surface area contributed by atoms with Crippen LogP contribution in [-0.4, -0.2) is 10.9 Å². The van der Waals surface area contributed by atoms with Gasteiger partial charge in [-0.05, 0) is 24.6 Å². The Balaban J connectivity index is 1.82. The molecule has 3 nitrogen and oxygen atoms in total. The van der Waals surface area contributed by atoms with Crippen molar-refractivity contribution in [3.63, 3.8) is 0 Å². The number of nitrogens with one attached hydrogen (secondary N) is 1. The molecule has 23 heavy (non-hydrogen) atoms. The summed E-state index contributed by atoms with van der Waals surface area (Å²) < 4.78 is 0. The van der Waals surface area contributed by atoms with E-state index >= 15 is 0 Å². The number of benzene rings is 2. The van der Waals surface area contributed by atoms with Crippen molar-refractivity contribution in [3.8, 4) is 11.3 Å². The number of carbonyl (C=O) groups is 1. The van der Waals surface area contributed by atoms with Crippen molar-refractivity contribution in [2.75, 3.05) is 5.32 Å². The number of aryl methyl sites for hydroxylation is 1. The Labute approximate surface area is 140 Å². The minimum absolute atomic E-state index is 0.0623. The van der Waals surface area contributed by atoms with Crippen molar-refractivity contribution < 1.29 is 4.79 Å². The summed E-state index contributed by atoms with van der Waals surface area (Å²) in [6.07, 6.45) is 0.857. The lowest BCUT2D eigenvalue weighted by molar-refractivity contribution is -0.114. The predicted molar refractivity (Wildman–Crippen MR) is 95.8 cm³/mol. The van der Waals surface area contributed by atoms with Crippen LogP contribution in [0.5, 0.6) is 0 Å². The standard InChI is InChI=1S/C19H18N2OS/c1-13-19(16-8-10-17(11-9-16)20-14(2)22)21-18(23-13)12-15-6-4-3-5-7-15/h3-11H,12H2,1-2H3,(H,20,22). The molecule has 0 unspecified atom stereocenters. The molecule has 1 heterocycles. The van der Waals surface area contributed by atoms with Crippen LogP contribution in [0.2, 0.25) is 0 Å². The van der Waals surface area contributed by atoms with Gasteiger partial charge in [-0.1, -0.05) is 42.5 Å². The second-order valence-corrected chi connectivity index (χ2v) is 6.72. The first-order valence-corrected chi connectivity index (χ1v) is 8.32. The molecule has 1 N–H and O–H groups in total. The lowest BCUT2D eigenvalue weighted by Crippen LogP contribution is -2.05. The molecule has 0 bridgehead atoms. The third-order valence-electron chi connectivity index (χ3n) is 3.52. The van der Waals surface area contributed by atoms with Crippen molar-refractivity contribution in [3.05, 3.63) is 70.0 Å². The maximum Gasteiger partial charge on any atom is 0.221 e. The van der Waals surface area contributed by atoms with Gasteiger partial charge in [0.25, 0.3) is 0 Å². The van der Waals surface area contributed by atoms with Gasteiger partial charge < -0.3 is 5.32 Å². The highest BCUT2D eigenvalue weighted by Crippen LogP contribution is 2.29. The fourth-order valence-corrected chi connectivity index (χ4v) is 3.47. The third kappa shape index (κ3) is 3.85. The zero-order valence-corrected chi connectivity index (χ0v) is 14.0. The van der Waals surface area contributed by atoms with E-state index in [9.17, 15) is 4.79 Å². The van der Waals surface area contributed by atoms with Crippen LogP contribution in [0, 0.1) is 6.92 Å². The molecule has 1 aromatic heterocycles. The van der Waals surface area contributed by atoms with Gasteiger partial charge in [0.1, 0.15) is 0 Å². The summed E-state index contributed by atoms with van der Waals surface area (Å²) in [5, 5.41) is 3.90. The second kappa shape index (κ2) is 6.75. The van der Waals surface area contributed by atoms with Crippen LogP contribution < -0.4 is 5.32 Å². The molecule has 3 aromatic rings. The van der Waals surface area contributed by atoms with Crippen LogP contribution in [0.15, 0.2) is 54.6 Å². The lowest BCUT2D eigenvalue weighted by atomic mass is 10.1. The van der Waals surface area contributed by atoms with Crippen molar-refractivity contribution >= 4 is 22.9 Å². The van der Waals surface area contributed by atoms with E-state index in [0.29, 0.717) is 0 Å². The topological polar surface area (TPSA) is 42.0 Å². The summed E-state index contributed by atoms with van der Waals surface area (Å²) in [4.78, 5) is 17.1. The molecule has 0 radical (unpaired) electrons. The van der Waals surface area contributed by atoms with Crippen LogP contribution in [-0.2, 0) is 11.2 Å². The summed E-state index contributed by atoms with van der Waals surface area (Å²) in [5.41, 5.74) is 4.18. The molecular weight excluding hydrogens is 304 g/mol. The minimum atomic E-state index is -0.0623. The molecule has 116 valence electrons. The summed E-state index contributed by atoms with van der Waals surface area (Å²) >= 11 is 1.74. The normalized spacial score (nSPS) is 10.5. The highest BCUT2D eigenvalue weighted by molar-refractivity contribution is 7.12. The van der Waals surface area contributed by atoms with Gasteiger partial charge in [-0.3, -0.25) is 4.79 Å². The van der Waals surface area contributed by atoms with E-state index in [1.165, 1.54) is 17.4 Å². The number of rotatable bonds is 4. The number of hydrogen-bond donors (Lipinski definition) is 1. The van der Waals surface area contributed by atoms with Gasteiger partial charge in [-0.2, -0.15) is 0 Å². The van der Waals surface area contributed by atoms with Crippen molar-refractivity contribution in [1.82, 2.24) is 4.98 Å². The van der Waals surface area contributed by atoms with E-state index in [1.54, 1.807) is 11.3 Å². The van der Waals surface area contributed by atoms with Crippen LogP contribution in [0.4, 0.5) is 5.69 Å². The molecule has 0 atom stereocenters. The molecule has 0 spiro atoms. The molecule has 4 heteroatoms. The third-order valence-corrected chi connectivity index (χ3v) is 4.49. The van der Waals surface area contributed by atoms with Crippen molar-refractivity contribution in [1.29, 1.82) is 0 Å². The van der Waals surface area contributed by atoms with E-state index in [2.05, 4.69) is 36.5 Å². The molecule has 0 aliphatic heterocycles. The van der Waals surface area contributed by atoms with E-state index in [1.807, 2.05) is 30.3 Å². The Morgan fingerprint density at radius 2 is 1.78 bits per heavy atom. The van der Waals surface area contributed by atoms with E-state index < -0.39 is 0 Å². The SMILES string of the molecule is CC(=O)Nc1ccc(-c2nc(Cc3ccccc3)sc2C)cc1. The lowest BCUT2D eigenvalue weighted by Gasteiger charge is -2.03. The van der Waals surface area contributed by atoms with Gasteiger partial charge in [0.05, 0.1) is 10.7 Å².